The average molecular weight is 536 g/mol. The fourth-order valence-electron chi connectivity index (χ4n) is 3.57. The Bertz CT molecular complexity index is 1210. The molecule has 3 aromatic rings. The number of carbonyl (C=O) groups is 4. The largest absolute Gasteiger partial charge is 0.661 e. The number of benzene rings is 3. The summed E-state index contributed by atoms with van der Waals surface area (Å²) in [5, 5.41) is 10.1. The van der Waals surface area contributed by atoms with Crippen LogP contribution in [0, 0.1) is 0 Å². The SMILES string of the molecule is CCCCCOC(=O)c1ccccc1C(=O)O[O-].COC(=O)c1cccc(Cc2cccc(C(=O)OC)c2)c1. The van der Waals surface area contributed by atoms with Crippen molar-refractivity contribution in [2.45, 2.75) is 32.6 Å². The summed E-state index contributed by atoms with van der Waals surface area (Å²) in [6.07, 6.45) is 3.39. The minimum Gasteiger partial charge on any atom is -0.661 e. The molecule has 0 spiro atoms. The first-order valence-corrected chi connectivity index (χ1v) is 12.3. The first-order valence-electron chi connectivity index (χ1n) is 12.3. The second kappa shape index (κ2) is 16.4. The average Bonchev–Trinajstić information content (AvgIpc) is 2.98. The summed E-state index contributed by atoms with van der Waals surface area (Å²) in [5.74, 6) is -2.43. The predicted octanol–water partition coefficient (Wildman–Crippen LogP) is 4.32. The van der Waals surface area contributed by atoms with Crippen LogP contribution in [0.3, 0.4) is 0 Å². The van der Waals surface area contributed by atoms with Gasteiger partial charge in [0.15, 0.2) is 0 Å². The molecule has 0 heterocycles. The van der Waals surface area contributed by atoms with Crippen molar-refractivity contribution < 1.29 is 43.5 Å². The van der Waals surface area contributed by atoms with E-state index in [9.17, 15) is 24.4 Å². The van der Waals surface area contributed by atoms with Gasteiger partial charge < -0.3 is 24.4 Å². The lowest BCUT2D eigenvalue weighted by Gasteiger charge is -2.10. The summed E-state index contributed by atoms with van der Waals surface area (Å²) >= 11 is 0. The smallest absolute Gasteiger partial charge is 0.339 e. The van der Waals surface area contributed by atoms with E-state index in [-0.39, 0.29) is 23.1 Å². The molecule has 3 aromatic carbocycles. The van der Waals surface area contributed by atoms with E-state index in [1.807, 2.05) is 31.2 Å². The van der Waals surface area contributed by atoms with Gasteiger partial charge in [0.05, 0.1) is 43.1 Å². The molecule has 0 amide bonds. The minimum absolute atomic E-state index is 0.0508. The summed E-state index contributed by atoms with van der Waals surface area (Å²) < 4.78 is 14.4. The molecule has 0 aliphatic carbocycles. The third kappa shape index (κ3) is 9.71. The Balaban J connectivity index is 0.000000277. The molecule has 0 saturated carbocycles. The molecular weight excluding hydrogens is 504 g/mol. The fraction of sp³-hybridized carbons (Fsp3) is 0.267. The zero-order valence-electron chi connectivity index (χ0n) is 22.1. The summed E-state index contributed by atoms with van der Waals surface area (Å²) in [7, 11) is 2.71. The molecule has 0 radical (unpaired) electrons. The number of rotatable bonds is 10. The van der Waals surface area contributed by atoms with Gasteiger partial charge >= 0.3 is 23.9 Å². The third-order valence-electron chi connectivity index (χ3n) is 5.53. The highest BCUT2D eigenvalue weighted by Crippen LogP contribution is 2.15. The van der Waals surface area contributed by atoms with Crippen LogP contribution in [-0.4, -0.2) is 44.7 Å². The van der Waals surface area contributed by atoms with Crippen LogP contribution in [0.2, 0.25) is 0 Å². The number of unbranched alkanes of at least 4 members (excludes halogenated alkanes) is 2. The van der Waals surface area contributed by atoms with E-state index in [4.69, 9.17) is 14.2 Å². The zero-order valence-corrected chi connectivity index (χ0v) is 22.1. The maximum atomic E-state index is 11.7. The summed E-state index contributed by atoms with van der Waals surface area (Å²) in [4.78, 5) is 49.3. The van der Waals surface area contributed by atoms with E-state index in [2.05, 4.69) is 4.89 Å². The second-order valence-corrected chi connectivity index (χ2v) is 8.32. The molecule has 9 heteroatoms. The first kappa shape index (κ1) is 30.7. The molecule has 0 N–H and O–H groups in total. The van der Waals surface area contributed by atoms with Crippen LogP contribution in [-0.2, 0) is 25.5 Å². The van der Waals surface area contributed by atoms with Gasteiger partial charge in [0.25, 0.3) is 0 Å². The Labute approximate surface area is 227 Å². The van der Waals surface area contributed by atoms with Gasteiger partial charge in [-0.15, -0.1) is 0 Å². The van der Waals surface area contributed by atoms with Crippen molar-refractivity contribution in [3.8, 4) is 0 Å². The molecule has 0 aliphatic rings. The van der Waals surface area contributed by atoms with E-state index < -0.39 is 11.9 Å². The maximum Gasteiger partial charge on any atom is 0.339 e. The monoisotopic (exact) mass is 535 g/mol. The normalized spacial score (nSPS) is 9.95. The Morgan fingerprint density at radius 3 is 1.64 bits per heavy atom. The van der Waals surface area contributed by atoms with Crippen LogP contribution in [0.4, 0.5) is 0 Å². The molecule has 0 fully saturated rings. The Hall–Kier alpha value is -4.50. The van der Waals surface area contributed by atoms with E-state index in [0.29, 0.717) is 24.2 Å². The van der Waals surface area contributed by atoms with Crippen molar-refractivity contribution in [2.75, 3.05) is 20.8 Å². The first-order chi connectivity index (χ1) is 18.8. The van der Waals surface area contributed by atoms with Crippen molar-refractivity contribution in [3.05, 3.63) is 106 Å². The number of hydrogen-bond acceptors (Lipinski definition) is 9. The number of esters is 3. The summed E-state index contributed by atoms with van der Waals surface area (Å²) in [5.41, 5.74) is 2.95. The maximum absolute atomic E-state index is 11.7. The quantitative estimate of drug-likeness (QED) is 0.123. The lowest BCUT2D eigenvalue weighted by atomic mass is 10.0. The molecule has 3 rings (SSSR count). The number of methoxy groups -OCH3 is 2. The van der Waals surface area contributed by atoms with Gasteiger partial charge in [0, 0.05) is 0 Å². The second-order valence-electron chi connectivity index (χ2n) is 8.32. The molecule has 0 atom stereocenters. The van der Waals surface area contributed by atoms with Crippen LogP contribution in [0.1, 0.15) is 78.7 Å². The molecule has 0 unspecified atom stereocenters. The van der Waals surface area contributed by atoms with Crippen molar-refractivity contribution >= 4 is 23.9 Å². The van der Waals surface area contributed by atoms with Crippen LogP contribution >= 0.6 is 0 Å². The van der Waals surface area contributed by atoms with Gasteiger partial charge in [0.2, 0.25) is 0 Å². The van der Waals surface area contributed by atoms with Gasteiger partial charge in [-0.05, 0) is 60.4 Å². The van der Waals surface area contributed by atoms with Crippen LogP contribution in [0.25, 0.3) is 0 Å². The standard InChI is InChI=1S/C17H16O4.C13H16O5/c1-20-16(18)14-7-3-5-12(10-14)9-13-6-4-8-15(11-13)17(19)21-2;1-2-3-6-9-17-12(14)10-7-4-5-8-11(10)13(15)18-16/h3-8,10-11H,9H2,1-2H3;4-5,7-8,16H,2-3,6,9H2,1H3/p-1. The lowest BCUT2D eigenvalue weighted by Crippen LogP contribution is -2.18. The molecule has 39 heavy (non-hydrogen) atoms. The highest BCUT2D eigenvalue weighted by Gasteiger charge is 2.17. The summed E-state index contributed by atoms with van der Waals surface area (Å²) in [6, 6.07) is 20.4. The van der Waals surface area contributed by atoms with Crippen molar-refractivity contribution in [2.24, 2.45) is 0 Å². The van der Waals surface area contributed by atoms with Crippen molar-refractivity contribution in [1.29, 1.82) is 0 Å². The summed E-state index contributed by atoms with van der Waals surface area (Å²) in [6.45, 7) is 2.34. The lowest BCUT2D eigenvalue weighted by molar-refractivity contribution is -0.653. The minimum atomic E-state index is -1.09. The van der Waals surface area contributed by atoms with Gasteiger partial charge in [-0.25, -0.2) is 19.2 Å². The fourth-order valence-corrected chi connectivity index (χ4v) is 3.57. The highest BCUT2D eigenvalue weighted by atomic mass is 17.1. The number of hydrogen-bond donors (Lipinski definition) is 0. The zero-order chi connectivity index (χ0) is 28.6. The number of carbonyl (C=O) groups excluding carboxylic acids is 4. The van der Waals surface area contributed by atoms with E-state index in [1.165, 1.54) is 26.4 Å². The van der Waals surface area contributed by atoms with Gasteiger partial charge in [0.1, 0.15) is 0 Å². The molecule has 0 bridgehead atoms. The van der Waals surface area contributed by atoms with Crippen molar-refractivity contribution in [1.82, 2.24) is 0 Å². The molecule has 206 valence electrons. The molecule has 0 saturated heterocycles. The molecule has 0 aromatic heterocycles. The molecule has 0 aliphatic heterocycles. The third-order valence-corrected chi connectivity index (χ3v) is 5.53. The predicted molar refractivity (Wildman–Crippen MR) is 140 cm³/mol. The van der Waals surface area contributed by atoms with E-state index in [1.54, 1.807) is 36.4 Å². The van der Waals surface area contributed by atoms with Crippen LogP contribution in [0.15, 0.2) is 72.8 Å². The van der Waals surface area contributed by atoms with E-state index >= 15 is 0 Å². The Kier molecular flexibility index (Phi) is 12.9. The van der Waals surface area contributed by atoms with Gasteiger partial charge in [-0.1, -0.05) is 56.2 Å². The highest BCUT2D eigenvalue weighted by molar-refractivity contribution is 6.02. The van der Waals surface area contributed by atoms with Crippen molar-refractivity contribution in [3.63, 3.8) is 0 Å². The topological polar surface area (TPSA) is 128 Å². The van der Waals surface area contributed by atoms with Gasteiger partial charge in [-0.2, -0.15) is 0 Å². The molecular formula is C30H31O9-. The van der Waals surface area contributed by atoms with Crippen LogP contribution in [0.5, 0.6) is 0 Å². The van der Waals surface area contributed by atoms with Crippen LogP contribution < -0.4 is 5.26 Å². The Morgan fingerprint density at radius 1 is 0.667 bits per heavy atom. The molecule has 9 nitrogen and oxygen atoms in total. The number of ether oxygens (including phenoxy) is 3. The van der Waals surface area contributed by atoms with Gasteiger partial charge in [-0.3, -0.25) is 0 Å². The Morgan fingerprint density at radius 2 is 1.18 bits per heavy atom. The van der Waals surface area contributed by atoms with E-state index in [0.717, 1.165) is 30.4 Å².